The van der Waals surface area contributed by atoms with Gasteiger partial charge in [0.1, 0.15) is 42.4 Å². The van der Waals surface area contributed by atoms with Gasteiger partial charge in [0.05, 0.1) is 25.6 Å². The second kappa shape index (κ2) is 11.4. The van der Waals surface area contributed by atoms with Gasteiger partial charge in [-0.1, -0.05) is 0 Å². The summed E-state index contributed by atoms with van der Waals surface area (Å²) >= 11 is 0. The molecule has 2 aromatic heterocycles. The fourth-order valence-electron chi connectivity index (χ4n) is 3.96. The van der Waals surface area contributed by atoms with E-state index in [-0.39, 0.29) is 17.0 Å². The first-order valence-corrected chi connectivity index (χ1v) is 14.1. The molecule has 4 heterocycles. The van der Waals surface area contributed by atoms with E-state index in [9.17, 15) is 44.1 Å². The summed E-state index contributed by atoms with van der Waals surface area (Å²) in [6, 6.07) is -1.23. The van der Waals surface area contributed by atoms with Gasteiger partial charge in [0.2, 0.25) is 5.91 Å². The van der Waals surface area contributed by atoms with Crippen LogP contribution in [0, 0.1) is 0 Å². The average molecular weight is 600 g/mol. The fraction of sp³-hybridized carbons (Fsp3) is 0.647. The second-order valence-electron chi connectivity index (χ2n) is 8.52. The number of nitrogens with one attached hydrogen (secondary N) is 1. The Balaban J connectivity index is 1.34. The lowest BCUT2D eigenvalue weighted by molar-refractivity contribution is -0.132. The maximum absolute atomic E-state index is 12.3. The number of aliphatic hydroxyl groups is 4. The number of carbonyl (C=O) groups excluding carboxylic acids is 1. The molecule has 0 radical (unpaired) electrons. The molecule has 0 saturated carbocycles. The van der Waals surface area contributed by atoms with Crippen molar-refractivity contribution in [3.63, 3.8) is 0 Å². The summed E-state index contributed by atoms with van der Waals surface area (Å²) < 4.78 is 49.7. The largest absolute Gasteiger partial charge is 0.481 e. The highest BCUT2D eigenvalue weighted by Gasteiger charge is 2.47. The molecule has 4 rings (SSSR count). The van der Waals surface area contributed by atoms with E-state index < -0.39 is 83.8 Å². The molecule has 0 aliphatic carbocycles. The predicted octanol–water partition coefficient (Wildman–Crippen LogP) is -3.14. The van der Waals surface area contributed by atoms with E-state index in [2.05, 4.69) is 33.6 Å². The number of rotatable bonds is 10. The highest BCUT2D eigenvalue weighted by atomic mass is 31.3. The van der Waals surface area contributed by atoms with Gasteiger partial charge >= 0.3 is 15.6 Å². The number of carbonyl (C=O) groups is 1. The number of aliphatic hydroxyl groups excluding tert-OH is 4. The molecule has 2 fully saturated rings. The number of phosphoric acid groups is 2. The highest BCUT2D eigenvalue weighted by molar-refractivity contribution is 7.61. The van der Waals surface area contributed by atoms with Gasteiger partial charge in [-0.2, -0.15) is 4.31 Å². The highest BCUT2D eigenvalue weighted by Crippen LogP contribution is 2.60. The van der Waals surface area contributed by atoms with Crippen molar-refractivity contribution in [3.05, 3.63) is 12.7 Å². The van der Waals surface area contributed by atoms with Gasteiger partial charge in [-0.3, -0.25) is 18.4 Å². The molecule has 2 aliphatic heterocycles. The number of ether oxygens (including phenoxy) is 2. The summed E-state index contributed by atoms with van der Waals surface area (Å²) in [7, 11) is -10.7. The molecule has 218 valence electrons. The molecule has 9 N–H and O–H groups in total. The van der Waals surface area contributed by atoms with Crippen molar-refractivity contribution in [2.75, 3.05) is 18.9 Å². The van der Waals surface area contributed by atoms with Gasteiger partial charge in [0.25, 0.3) is 0 Å². The number of nitrogen functional groups attached to an aromatic ring is 1. The van der Waals surface area contributed by atoms with Crippen LogP contribution in [0.1, 0.15) is 13.2 Å². The van der Waals surface area contributed by atoms with Crippen LogP contribution in [-0.2, 0) is 36.8 Å². The Morgan fingerprint density at radius 3 is 2.31 bits per heavy atom. The molecule has 39 heavy (non-hydrogen) atoms. The quantitative estimate of drug-likeness (QED) is 0.125. The average Bonchev–Trinajstić information content (AvgIpc) is 3.47. The Bertz CT molecular complexity index is 1300. The minimum atomic E-state index is -5.34. The van der Waals surface area contributed by atoms with Crippen LogP contribution < -0.4 is 11.1 Å². The van der Waals surface area contributed by atoms with E-state index in [0.717, 1.165) is 13.3 Å². The molecular weight excluding hydrogens is 574 g/mol. The number of nitrogens with two attached hydrogens (primary N) is 1. The van der Waals surface area contributed by atoms with Gasteiger partial charge in [-0.25, -0.2) is 24.1 Å². The molecule has 2 unspecified atom stereocenters. The standard InChI is InChI=1S/C17H26N6O14P2/c1-6(24)22-9-7(36-17(28)12(9)26)2-33-38(29,30)37-39(31,32)34-3-8-11(25)13(27)16(35-8)23-5-21-10-14(18)19-4-20-15(10)23/h4-5,7-9,11-13,16-17,25-28H,2-3H2,1H3,(H,22,24)(H,29,30)(H,31,32)(H2,18,19,20)/t7-,8-,9-,11-,12-,13-,16-,17-/m1/s1. The van der Waals surface area contributed by atoms with Crippen LogP contribution >= 0.6 is 15.6 Å². The molecule has 10 atom stereocenters. The maximum Gasteiger partial charge on any atom is 0.481 e. The minimum Gasteiger partial charge on any atom is -0.387 e. The number of aromatic nitrogens is 4. The van der Waals surface area contributed by atoms with Crippen molar-refractivity contribution in [3.8, 4) is 0 Å². The zero-order chi connectivity index (χ0) is 28.7. The van der Waals surface area contributed by atoms with Crippen molar-refractivity contribution in [1.29, 1.82) is 0 Å². The molecule has 20 nitrogen and oxygen atoms in total. The molecule has 0 bridgehead atoms. The van der Waals surface area contributed by atoms with Gasteiger partial charge < -0.3 is 50.7 Å². The number of anilines is 1. The Hall–Kier alpha value is -2.16. The number of phosphoric ester groups is 2. The first-order valence-electron chi connectivity index (χ1n) is 11.1. The fourth-order valence-corrected chi connectivity index (χ4v) is 6.05. The molecule has 2 aliphatic rings. The van der Waals surface area contributed by atoms with Crippen molar-refractivity contribution in [2.45, 2.75) is 56.0 Å². The first-order chi connectivity index (χ1) is 18.2. The van der Waals surface area contributed by atoms with Gasteiger partial charge in [0, 0.05) is 6.92 Å². The van der Waals surface area contributed by atoms with Crippen LogP contribution in [0.4, 0.5) is 5.82 Å². The van der Waals surface area contributed by atoms with Gasteiger partial charge in [-0.05, 0) is 0 Å². The van der Waals surface area contributed by atoms with Crippen LogP contribution in [0.5, 0.6) is 0 Å². The summed E-state index contributed by atoms with van der Waals surface area (Å²) in [5, 5.41) is 42.5. The van der Waals surface area contributed by atoms with Crippen LogP contribution in [0.15, 0.2) is 12.7 Å². The molecule has 0 spiro atoms. The normalized spacial score (nSPS) is 34.1. The Labute approximate surface area is 218 Å². The molecule has 22 heteroatoms. The Morgan fingerprint density at radius 1 is 1.03 bits per heavy atom. The lowest BCUT2D eigenvalue weighted by atomic mass is 10.1. The smallest absolute Gasteiger partial charge is 0.387 e. The lowest BCUT2D eigenvalue weighted by Gasteiger charge is -2.22. The topological polar surface area (TPSA) is 300 Å². The summed E-state index contributed by atoms with van der Waals surface area (Å²) in [6.07, 6.45) is -8.21. The Kier molecular flexibility index (Phi) is 8.70. The predicted molar refractivity (Wildman–Crippen MR) is 123 cm³/mol. The lowest BCUT2D eigenvalue weighted by Crippen LogP contribution is -2.48. The summed E-state index contributed by atoms with van der Waals surface area (Å²) in [6.45, 7) is -0.637. The molecule has 2 saturated heterocycles. The minimum absolute atomic E-state index is 0.0539. The number of hydrogen-bond donors (Lipinski definition) is 8. The monoisotopic (exact) mass is 600 g/mol. The molecule has 0 aromatic carbocycles. The van der Waals surface area contributed by atoms with Crippen LogP contribution in [-0.4, -0.2) is 112 Å². The third-order valence-corrected chi connectivity index (χ3v) is 8.36. The number of amides is 1. The molecular formula is C17H26N6O14P2. The maximum atomic E-state index is 12.3. The summed E-state index contributed by atoms with van der Waals surface area (Å²) in [4.78, 5) is 42.9. The zero-order valence-corrected chi connectivity index (χ0v) is 21.7. The van der Waals surface area contributed by atoms with E-state index in [1.165, 1.54) is 10.9 Å². The van der Waals surface area contributed by atoms with Crippen molar-refractivity contribution in [2.24, 2.45) is 0 Å². The van der Waals surface area contributed by atoms with Crippen molar-refractivity contribution < 1.29 is 67.0 Å². The number of hydrogen-bond acceptors (Lipinski definition) is 16. The zero-order valence-electron chi connectivity index (χ0n) is 19.9. The van der Waals surface area contributed by atoms with E-state index in [1.807, 2.05) is 0 Å². The van der Waals surface area contributed by atoms with E-state index in [0.29, 0.717) is 0 Å². The SMILES string of the molecule is CC(=O)N[C@H]1[C@@H](O)[C@H](O)O[C@@H]1COP(=O)(O)OP(=O)(O)OC[C@H]1O[C@@H](n2cnc3c(N)ncnc32)[C@H](O)[C@@H]1O. The summed E-state index contributed by atoms with van der Waals surface area (Å²) in [5.41, 5.74) is 6.09. The second-order valence-corrected chi connectivity index (χ2v) is 11.6. The number of fused-ring (bicyclic) bond motifs is 1. The third-order valence-electron chi connectivity index (χ3n) is 5.75. The third kappa shape index (κ3) is 6.60. The summed E-state index contributed by atoms with van der Waals surface area (Å²) in [5.74, 6) is -0.557. The van der Waals surface area contributed by atoms with Crippen molar-refractivity contribution >= 4 is 38.5 Å². The van der Waals surface area contributed by atoms with Crippen molar-refractivity contribution in [1.82, 2.24) is 24.8 Å². The van der Waals surface area contributed by atoms with Gasteiger partial charge in [0.15, 0.2) is 24.0 Å². The van der Waals surface area contributed by atoms with Crippen LogP contribution in [0.3, 0.4) is 0 Å². The number of nitrogens with zero attached hydrogens (tertiary/aromatic N) is 4. The van der Waals surface area contributed by atoms with Crippen LogP contribution in [0.2, 0.25) is 0 Å². The number of imidazole rings is 1. The molecule has 2 aromatic rings. The van der Waals surface area contributed by atoms with Crippen LogP contribution in [0.25, 0.3) is 11.2 Å². The first kappa shape index (κ1) is 29.8. The van der Waals surface area contributed by atoms with Gasteiger partial charge in [-0.15, -0.1) is 0 Å². The molecule has 1 amide bonds. The van der Waals surface area contributed by atoms with E-state index >= 15 is 0 Å². The Morgan fingerprint density at radius 2 is 1.67 bits per heavy atom. The van der Waals surface area contributed by atoms with E-state index in [1.54, 1.807) is 0 Å². The van der Waals surface area contributed by atoms with E-state index in [4.69, 9.17) is 15.2 Å².